The van der Waals surface area contributed by atoms with E-state index in [9.17, 15) is 4.79 Å². The predicted octanol–water partition coefficient (Wildman–Crippen LogP) is 3.54. The highest BCUT2D eigenvalue weighted by Crippen LogP contribution is 2.18. The molecule has 0 radical (unpaired) electrons. The summed E-state index contributed by atoms with van der Waals surface area (Å²) in [5, 5.41) is 13.8. The quantitative estimate of drug-likeness (QED) is 0.886. The number of anilines is 1. The summed E-state index contributed by atoms with van der Waals surface area (Å²) in [7, 11) is 0. The van der Waals surface area contributed by atoms with Crippen LogP contribution in [-0.2, 0) is 11.2 Å². The Balaban J connectivity index is 2.06. The lowest BCUT2D eigenvalue weighted by atomic mass is 10.2. The molecule has 1 heterocycles. The van der Waals surface area contributed by atoms with Crippen LogP contribution in [0.4, 0.5) is 5.69 Å². The number of carboxylic acid groups (broad SMARTS) is 1. The molecule has 0 spiro atoms. The average molecular weight is 296 g/mol. The first-order valence-corrected chi connectivity index (χ1v) is 7.20. The summed E-state index contributed by atoms with van der Waals surface area (Å²) in [6.07, 6.45) is 0.833. The Hall–Kier alpha value is -1.52. The molecule has 2 aromatic rings. The van der Waals surface area contributed by atoms with Crippen LogP contribution in [0.1, 0.15) is 5.56 Å². The molecule has 0 unspecified atom stereocenters. The van der Waals surface area contributed by atoms with Gasteiger partial charge >= 0.3 is 5.97 Å². The second kappa shape index (κ2) is 6.59. The Labute approximate surface area is 121 Å². The van der Waals surface area contributed by atoms with E-state index in [-0.39, 0.29) is 6.54 Å². The monoisotopic (exact) mass is 295 g/mol. The van der Waals surface area contributed by atoms with Crippen LogP contribution in [0.15, 0.2) is 41.1 Å². The molecule has 0 amide bonds. The Morgan fingerprint density at radius 3 is 2.58 bits per heavy atom. The summed E-state index contributed by atoms with van der Waals surface area (Å²) in [6, 6.07) is 9.30. The molecule has 0 aliphatic heterocycles. The van der Waals surface area contributed by atoms with Gasteiger partial charge in [-0.2, -0.15) is 11.3 Å². The number of carbonyl (C=O) groups is 1. The SMILES string of the molecule is O=C(O)CN(CCc1ccsc1)c1ccc(Cl)cc1. The van der Waals surface area contributed by atoms with Gasteiger partial charge in [0.2, 0.25) is 0 Å². The first-order valence-electron chi connectivity index (χ1n) is 5.88. The van der Waals surface area contributed by atoms with E-state index in [1.54, 1.807) is 23.5 Å². The molecular formula is C14H14ClNO2S. The fourth-order valence-electron chi connectivity index (χ4n) is 1.81. The highest BCUT2D eigenvalue weighted by atomic mass is 35.5. The number of rotatable bonds is 6. The number of nitrogens with zero attached hydrogens (tertiary/aromatic N) is 1. The maximum atomic E-state index is 10.9. The minimum atomic E-state index is -0.833. The van der Waals surface area contributed by atoms with Crippen molar-refractivity contribution in [3.05, 3.63) is 51.7 Å². The average Bonchev–Trinajstić information content (AvgIpc) is 2.88. The standard InChI is InChI=1S/C14H14ClNO2S/c15-12-1-3-13(4-2-12)16(9-14(17)18)7-5-11-6-8-19-10-11/h1-4,6,8,10H,5,7,9H2,(H,17,18). The van der Waals surface area contributed by atoms with Crippen LogP contribution in [-0.4, -0.2) is 24.2 Å². The van der Waals surface area contributed by atoms with Gasteiger partial charge in [0.05, 0.1) is 0 Å². The molecule has 0 bridgehead atoms. The van der Waals surface area contributed by atoms with Gasteiger partial charge in [0.15, 0.2) is 0 Å². The molecule has 0 aliphatic rings. The number of hydrogen-bond donors (Lipinski definition) is 1. The van der Waals surface area contributed by atoms with Crippen molar-refractivity contribution >= 4 is 34.6 Å². The largest absolute Gasteiger partial charge is 0.480 e. The van der Waals surface area contributed by atoms with Crippen LogP contribution in [0.3, 0.4) is 0 Å². The van der Waals surface area contributed by atoms with E-state index < -0.39 is 5.97 Å². The topological polar surface area (TPSA) is 40.5 Å². The van der Waals surface area contributed by atoms with Gasteiger partial charge in [0, 0.05) is 17.3 Å². The molecule has 1 aromatic carbocycles. The van der Waals surface area contributed by atoms with Gasteiger partial charge in [-0.1, -0.05) is 11.6 Å². The van der Waals surface area contributed by atoms with Crippen molar-refractivity contribution in [3.8, 4) is 0 Å². The smallest absolute Gasteiger partial charge is 0.323 e. The Bertz CT molecular complexity index is 525. The van der Waals surface area contributed by atoms with Gasteiger partial charge in [-0.05, 0) is 53.1 Å². The third kappa shape index (κ3) is 4.26. The Kier molecular flexibility index (Phi) is 4.82. The van der Waals surface area contributed by atoms with E-state index in [2.05, 4.69) is 11.4 Å². The van der Waals surface area contributed by atoms with E-state index in [0.29, 0.717) is 11.6 Å². The van der Waals surface area contributed by atoms with E-state index in [4.69, 9.17) is 16.7 Å². The van der Waals surface area contributed by atoms with Gasteiger partial charge in [-0.25, -0.2) is 0 Å². The minimum Gasteiger partial charge on any atom is -0.480 e. The molecule has 19 heavy (non-hydrogen) atoms. The van der Waals surface area contributed by atoms with Crippen molar-refractivity contribution in [1.82, 2.24) is 0 Å². The molecule has 1 aromatic heterocycles. The first-order chi connectivity index (χ1) is 9.15. The number of hydrogen-bond acceptors (Lipinski definition) is 3. The highest BCUT2D eigenvalue weighted by molar-refractivity contribution is 7.07. The third-order valence-electron chi connectivity index (χ3n) is 2.77. The normalized spacial score (nSPS) is 10.4. The van der Waals surface area contributed by atoms with Gasteiger partial charge in [-0.15, -0.1) is 0 Å². The van der Waals surface area contributed by atoms with Crippen LogP contribution < -0.4 is 4.90 Å². The Morgan fingerprint density at radius 2 is 2.00 bits per heavy atom. The van der Waals surface area contributed by atoms with E-state index >= 15 is 0 Å². The van der Waals surface area contributed by atoms with Crippen LogP contribution in [0, 0.1) is 0 Å². The maximum absolute atomic E-state index is 10.9. The Morgan fingerprint density at radius 1 is 1.26 bits per heavy atom. The van der Waals surface area contributed by atoms with Gasteiger partial charge in [-0.3, -0.25) is 4.79 Å². The van der Waals surface area contributed by atoms with E-state index in [0.717, 1.165) is 12.1 Å². The van der Waals surface area contributed by atoms with Crippen molar-refractivity contribution in [3.63, 3.8) is 0 Å². The molecule has 0 aliphatic carbocycles. The number of carboxylic acids is 1. The highest BCUT2D eigenvalue weighted by Gasteiger charge is 2.10. The van der Waals surface area contributed by atoms with Gasteiger partial charge < -0.3 is 10.0 Å². The van der Waals surface area contributed by atoms with E-state index in [1.165, 1.54) is 5.56 Å². The lowest BCUT2D eigenvalue weighted by Crippen LogP contribution is -2.31. The summed E-state index contributed by atoms with van der Waals surface area (Å²) in [6.45, 7) is 0.663. The van der Waals surface area contributed by atoms with Gasteiger partial charge in [0.1, 0.15) is 6.54 Å². The predicted molar refractivity (Wildman–Crippen MR) is 79.3 cm³/mol. The van der Waals surface area contributed by atoms with Crippen molar-refractivity contribution in [2.75, 3.05) is 18.0 Å². The number of aliphatic carboxylic acids is 1. The number of thiophene rings is 1. The lowest BCUT2D eigenvalue weighted by molar-refractivity contribution is -0.135. The molecule has 100 valence electrons. The third-order valence-corrected chi connectivity index (χ3v) is 3.75. The fourth-order valence-corrected chi connectivity index (χ4v) is 2.64. The zero-order chi connectivity index (χ0) is 13.7. The number of halogens is 1. The molecular weight excluding hydrogens is 282 g/mol. The maximum Gasteiger partial charge on any atom is 0.323 e. The van der Waals surface area contributed by atoms with Crippen LogP contribution in [0.5, 0.6) is 0 Å². The van der Waals surface area contributed by atoms with Crippen LogP contribution in [0.2, 0.25) is 5.02 Å². The molecule has 5 heteroatoms. The number of benzene rings is 1. The molecule has 0 saturated heterocycles. The lowest BCUT2D eigenvalue weighted by Gasteiger charge is -2.22. The van der Waals surface area contributed by atoms with Crippen molar-refractivity contribution in [1.29, 1.82) is 0 Å². The van der Waals surface area contributed by atoms with Crippen molar-refractivity contribution < 1.29 is 9.90 Å². The summed E-state index contributed by atoms with van der Waals surface area (Å²) in [5.74, 6) is -0.833. The summed E-state index contributed by atoms with van der Waals surface area (Å²) in [5.41, 5.74) is 2.11. The summed E-state index contributed by atoms with van der Waals surface area (Å²) >= 11 is 7.50. The molecule has 3 nitrogen and oxygen atoms in total. The molecule has 0 fully saturated rings. The summed E-state index contributed by atoms with van der Waals surface area (Å²) in [4.78, 5) is 12.8. The molecule has 0 atom stereocenters. The van der Waals surface area contributed by atoms with Crippen LogP contribution in [0.25, 0.3) is 0 Å². The second-order valence-electron chi connectivity index (χ2n) is 4.17. The van der Waals surface area contributed by atoms with Crippen LogP contribution >= 0.6 is 22.9 Å². The zero-order valence-electron chi connectivity index (χ0n) is 10.3. The summed E-state index contributed by atoms with van der Waals surface area (Å²) < 4.78 is 0. The van der Waals surface area contributed by atoms with Crippen molar-refractivity contribution in [2.24, 2.45) is 0 Å². The van der Waals surface area contributed by atoms with Crippen molar-refractivity contribution in [2.45, 2.75) is 6.42 Å². The fraction of sp³-hybridized carbons (Fsp3) is 0.214. The molecule has 2 rings (SSSR count). The van der Waals surface area contributed by atoms with Gasteiger partial charge in [0.25, 0.3) is 0 Å². The minimum absolute atomic E-state index is 0.00817. The second-order valence-corrected chi connectivity index (χ2v) is 5.39. The molecule has 0 saturated carbocycles. The molecule has 1 N–H and O–H groups in total. The zero-order valence-corrected chi connectivity index (χ0v) is 11.8. The van der Waals surface area contributed by atoms with E-state index in [1.807, 2.05) is 22.4 Å². The first kappa shape index (κ1) is 13.9.